The van der Waals surface area contributed by atoms with E-state index in [0.717, 1.165) is 7.11 Å². The maximum atomic E-state index is 12.8. The number of hydrogen-bond donors (Lipinski definition) is 1. The van der Waals surface area contributed by atoms with E-state index >= 15 is 0 Å². The van der Waals surface area contributed by atoms with Crippen LogP contribution in [0.5, 0.6) is 0 Å². The molecule has 0 aliphatic carbocycles. The first-order chi connectivity index (χ1) is 7.52. The van der Waals surface area contributed by atoms with Crippen molar-refractivity contribution in [2.75, 3.05) is 7.11 Å². The lowest BCUT2D eigenvalue weighted by atomic mass is 10.1. The summed E-state index contributed by atoms with van der Waals surface area (Å²) in [4.78, 5) is 15.2. The predicted octanol–water partition coefficient (Wildman–Crippen LogP) is 2.03. The summed E-state index contributed by atoms with van der Waals surface area (Å²) < 4.78 is 30.1. The molecule has 0 saturated carbocycles. The first kappa shape index (κ1) is 13.0. The summed E-state index contributed by atoms with van der Waals surface area (Å²) in [6.45, 7) is -0.114. The minimum absolute atomic E-state index is 0.0556. The molecule has 0 unspecified atom stereocenters. The number of rotatable bonds is 3. The molecular weight excluding hydrogens is 286 g/mol. The molecule has 1 aromatic heterocycles. The Morgan fingerprint density at radius 2 is 2.31 bits per heavy atom. The zero-order valence-corrected chi connectivity index (χ0v) is 9.92. The van der Waals surface area contributed by atoms with E-state index in [9.17, 15) is 13.6 Å². The van der Waals surface area contributed by atoms with Crippen LogP contribution in [0.1, 0.15) is 28.0 Å². The Labute approximate surface area is 98.9 Å². The van der Waals surface area contributed by atoms with Gasteiger partial charge in [-0.2, -0.15) is 0 Å². The van der Waals surface area contributed by atoms with Crippen LogP contribution in [0.25, 0.3) is 0 Å². The van der Waals surface area contributed by atoms with Crippen molar-refractivity contribution in [3.8, 4) is 0 Å². The summed E-state index contributed by atoms with van der Waals surface area (Å²) in [5, 5.41) is 0. The second kappa shape index (κ2) is 5.31. The van der Waals surface area contributed by atoms with Gasteiger partial charge in [-0.1, -0.05) is 0 Å². The fraction of sp³-hybridized carbons (Fsp3) is 0.333. The van der Waals surface area contributed by atoms with E-state index < -0.39 is 18.0 Å². The second-order valence-corrected chi connectivity index (χ2v) is 3.69. The van der Waals surface area contributed by atoms with Crippen molar-refractivity contribution < 1.29 is 18.3 Å². The van der Waals surface area contributed by atoms with Crippen molar-refractivity contribution >= 4 is 21.9 Å². The SMILES string of the molecule is COC(=O)c1c(CN)ncc(Br)c1C(F)F. The molecule has 2 N–H and O–H groups in total. The van der Waals surface area contributed by atoms with Crippen LogP contribution in [0.4, 0.5) is 8.78 Å². The molecule has 0 spiro atoms. The molecule has 0 aliphatic rings. The molecule has 0 saturated heterocycles. The number of aromatic nitrogens is 1. The van der Waals surface area contributed by atoms with Gasteiger partial charge in [-0.25, -0.2) is 13.6 Å². The molecule has 0 aliphatic heterocycles. The largest absolute Gasteiger partial charge is 0.465 e. The van der Waals surface area contributed by atoms with Gasteiger partial charge in [0.2, 0.25) is 0 Å². The van der Waals surface area contributed by atoms with Gasteiger partial charge in [0.15, 0.2) is 0 Å². The van der Waals surface area contributed by atoms with Crippen molar-refractivity contribution in [3.05, 3.63) is 27.5 Å². The molecule has 4 nitrogen and oxygen atoms in total. The number of carbonyl (C=O) groups excluding carboxylic acids is 1. The summed E-state index contributed by atoms with van der Waals surface area (Å²) in [7, 11) is 1.11. The van der Waals surface area contributed by atoms with E-state index in [1.807, 2.05) is 0 Å². The Bertz CT molecular complexity index is 413. The van der Waals surface area contributed by atoms with Crippen molar-refractivity contribution in [1.29, 1.82) is 0 Å². The topological polar surface area (TPSA) is 65.2 Å². The highest BCUT2D eigenvalue weighted by atomic mass is 79.9. The molecule has 0 fully saturated rings. The Morgan fingerprint density at radius 3 is 2.75 bits per heavy atom. The number of methoxy groups -OCH3 is 1. The third kappa shape index (κ3) is 2.35. The number of carbonyl (C=O) groups is 1. The zero-order valence-electron chi connectivity index (χ0n) is 8.34. The van der Waals surface area contributed by atoms with Crippen LogP contribution in [0.2, 0.25) is 0 Å². The van der Waals surface area contributed by atoms with Gasteiger partial charge in [0.25, 0.3) is 6.43 Å². The number of esters is 1. The molecule has 1 heterocycles. The summed E-state index contributed by atoms with van der Waals surface area (Å²) in [6.07, 6.45) is -1.62. The van der Waals surface area contributed by atoms with Gasteiger partial charge in [0.05, 0.1) is 18.4 Å². The third-order valence-corrected chi connectivity index (χ3v) is 2.58. The van der Waals surface area contributed by atoms with Gasteiger partial charge in [-0.3, -0.25) is 4.98 Å². The number of halogens is 3. The standard InChI is InChI=1S/C9H9BrF2N2O2/c1-16-9(15)7-5(2-13)14-3-4(10)6(7)8(11)12/h3,8H,2,13H2,1H3. The van der Waals surface area contributed by atoms with Crippen LogP contribution in [-0.2, 0) is 11.3 Å². The number of hydrogen-bond acceptors (Lipinski definition) is 4. The molecule has 7 heteroatoms. The van der Waals surface area contributed by atoms with Crippen LogP contribution >= 0.6 is 15.9 Å². The lowest BCUT2D eigenvalue weighted by Gasteiger charge is -2.12. The fourth-order valence-electron chi connectivity index (χ4n) is 1.24. The molecule has 0 aromatic carbocycles. The fourth-order valence-corrected chi connectivity index (χ4v) is 1.72. The van der Waals surface area contributed by atoms with Crippen LogP contribution in [0.15, 0.2) is 10.7 Å². The van der Waals surface area contributed by atoms with Gasteiger partial charge in [0, 0.05) is 22.8 Å². The summed E-state index contributed by atoms with van der Waals surface area (Å²) in [6, 6.07) is 0. The average molecular weight is 295 g/mol. The number of pyridine rings is 1. The average Bonchev–Trinajstić information content (AvgIpc) is 2.27. The molecule has 88 valence electrons. The quantitative estimate of drug-likeness (QED) is 0.866. The number of nitrogens with zero attached hydrogens (tertiary/aromatic N) is 1. The summed E-state index contributed by atoms with van der Waals surface area (Å²) in [5.74, 6) is -0.871. The van der Waals surface area contributed by atoms with Crippen molar-refractivity contribution in [2.45, 2.75) is 13.0 Å². The van der Waals surface area contributed by atoms with Crippen molar-refractivity contribution in [1.82, 2.24) is 4.98 Å². The lowest BCUT2D eigenvalue weighted by Crippen LogP contribution is -2.15. The van der Waals surface area contributed by atoms with Crippen molar-refractivity contribution in [3.63, 3.8) is 0 Å². The van der Waals surface area contributed by atoms with E-state index in [1.165, 1.54) is 6.20 Å². The first-order valence-electron chi connectivity index (χ1n) is 4.26. The van der Waals surface area contributed by atoms with Crippen LogP contribution in [-0.4, -0.2) is 18.1 Å². The van der Waals surface area contributed by atoms with Gasteiger partial charge < -0.3 is 10.5 Å². The third-order valence-electron chi connectivity index (χ3n) is 1.95. The highest BCUT2D eigenvalue weighted by Gasteiger charge is 2.25. The molecule has 16 heavy (non-hydrogen) atoms. The Morgan fingerprint density at radius 1 is 1.69 bits per heavy atom. The van der Waals surface area contributed by atoms with Gasteiger partial charge in [-0.05, 0) is 15.9 Å². The number of alkyl halides is 2. The zero-order chi connectivity index (χ0) is 12.3. The first-order valence-corrected chi connectivity index (χ1v) is 5.06. The molecule has 0 atom stereocenters. The van der Waals surface area contributed by atoms with Crippen LogP contribution in [0.3, 0.4) is 0 Å². The van der Waals surface area contributed by atoms with Crippen LogP contribution < -0.4 is 5.73 Å². The second-order valence-electron chi connectivity index (χ2n) is 2.84. The molecule has 1 aromatic rings. The highest BCUT2D eigenvalue weighted by Crippen LogP contribution is 2.31. The van der Waals surface area contributed by atoms with Crippen molar-refractivity contribution in [2.24, 2.45) is 5.73 Å². The molecule has 1 rings (SSSR count). The highest BCUT2D eigenvalue weighted by molar-refractivity contribution is 9.10. The number of nitrogens with two attached hydrogens (primary N) is 1. The Balaban J connectivity index is 3.48. The van der Waals surface area contributed by atoms with E-state index in [1.54, 1.807) is 0 Å². The normalized spacial score (nSPS) is 10.6. The van der Waals surface area contributed by atoms with Gasteiger partial charge in [0.1, 0.15) is 0 Å². The molecular formula is C9H9BrF2N2O2. The lowest BCUT2D eigenvalue weighted by molar-refractivity contribution is 0.0586. The van der Waals surface area contributed by atoms with Crippen LogP contribution in [0, 0.1) is 0 Å². The van der Waals surface area contributed by atoms with Gasteiger partial charge in [-0.15, -0.1) is 0 Å². The predicted molar refractivity (Wildman–Crippen MR) is 56.1 cm³/mol. The monoisotopic (exact) mass is 294 g/mol. The smallest absolute Gasteiger partial charge is 0.340 e. The van der Waals surface area contributed by atoms with Gasteiger partial charge >= 0.3 is 5.97 Å². The Hall–Kier alpha value is -1.08. The van der Waals surface area contributed by atoms with E-state index in [2.05, 4.69) is 25.7 Å². The van der Waals surface area contributed by atoms with E-state index in [-0.39, 0.29) is 22.3 Å². The molecule has 0 bridgehead atoms. The maximum absolute atomic E-state index is 12.8. The van der Waals surface area contributed by atoms with E-state index in [0.29, 0.717) is 0 Å². The summed E-state index contributed by atoms with van der Waals surface area (Å²) >= 11 is 2.92. The Kier molecular flexibility index (Phi) is 4.31. The summed E-state index contributed by atoms with van der Waals surface area (Å²) in [5.41, 5.74) is 4.71. The number of ether oxygens (including phenoxy) is 1. The van der Waals surface area contributed by atoms with E-state index in [4.69, 9.17) is 5.73 Å². The molecule has 0 radical (unpaired) electrons. The minimum atomic E-state index is -2.81. The maximum Gasteiger partial charge on any atom is 0.340 e. The molecule has 0 amide bonds. The minimum Gasteiger partial charge on any atom is -0.465 e.